The lowest BCUT2D eigenvalue weighted by Gasteiger charge is -2.46. The predicted molar refractivity (Wildman–Crippen MR) is 233 cm³/mol. The highest BCUT2D eigenvalue weighted by Crippen LogP contribution is 2.35. The van der Waals surface area contributed by atoms with Crippen molar-refractivity contribution in [3.63, 3.8) is 0 Å². The Morgan fingerprint density at radius 1 is 0.703 bits per heavy atom. The number of primary amides is 1. The highest BCUT2D eigenvalue weighted by atomic mass is 16.7. The Labute approximate surface area is 374 Å². The van der Waals surface area contributed by atoms with Gasteiger partial charge in [0.05, 0.1) is 86.2 Å². The van der Waals surface area contributed by atoms with E-state index in [0.29, 0.717) is 0 Å². The van der Waals surface area contributed by atoms with Gasteiger partial charge in [0.15, 0.2) is 12.1 Å². The van der Waals surface area contributed by atoms with Gasteiger partial charge in [-0.05, 0) is 26.2 Å². The lowest BCUT2D eigenvalue weighted by Crippen LogP contribution is -2.63. The van der Waals surface area contributed by atoms with Crippen LogP contribution in [0.25, 0.3) is 0 Å². The third-order valence-corrected chi connectivity index (χ3v) is 11.1. The van der Waals surface area contributed by atoms with Gasteiger partial charge in [-0.1, -0.05) is 92.0 Å². The first kappa shape index (κ1) is 54.7. The number of carbonyl (C=O) groups excluding carboxylic acids is 2. The maximum Gasteiger partial charge on any atom is 0.312 e. The Bertz CT molecular complexity index is 1620. The van der Waals surface area contributed by atoms with Crippen molar-refractivity contribution in [2.45, 2.75) is 169 Å². The molecule has 2 saturated heterocycles. The fourth-order valence-electron chi connectivity index (χ4n) is 7.52. The number of ether oxygens (including phenoxy) is 4. The number of nitrogens with one attached hydrogen (secondary N) is 1. The molecular weight excluding hydrogens is 838 g/mol. The number of urea groups is 1. The molecule has 3 aliphatic heterocycles. The van der Waals surface area contributed by atoms with Crippen LogP contribution in [0.4, 0.5) is 4.79 Å². The first-order valence-corrected chi connectivity index (χ1v) is 21.8. The Kier molecular flexibility index (Phi) is 23.7. The minimum absolute atomic E-state index is 0.0915. The number of nitrogens with two attached hydrogens (primary N) is 2. The summed E-state index contributed by atoms with van der Waals surface area (Å²) in [6.45, 7) is 3.21. The minimum atomic E-state index is -2.24. The zero-order valence-electron chi connectivity index (χ0n) is 36.5. The van der Waals surface area contributed by atoms with Crippen molar-refractivity contribution in [2.75, 3.05) is 6.61 Å². The van der Waals surface area contributed by atoms with Crippen molar-refractivity contribution < 1.29 is 79.6 Å². The number of allylic oxidation sites excluding steroid dienone is 12. The first-order valence-electron chi connectivity index (χ1n) is 21.8. The predicted octanol–water partition coefficient (Wildman–Crippen LogP) is -0.587. The SMILES string of the molecule is C[C@H]1C[C@H](O)[C@@H](C)/C=C/C=C/C=C/C=C/C=C/C=C/C=C/[C@H](O[C@@H]2OC[C@@H](O)[C@H](N)[C@@H]2O)C[C@@H]2O[C@](O)(C[C@@H](O)C[C@@H](O)[C@H](O)CC[C@@H](O)C[C@@H](O)CC(=O)O1)C[C@H](O)[C@H]2NC(N)=O. The van der Waals surface area contributed by atoms with Gasteiger partial charge in [0.2, 0.25) is 0 Å². The summed E-state index contributed by atoms with van der Waals surface area (Å²) in [4.78, 5) is 24.5. The number of cyclic esters (lactones) is 1. The third-order valence-electron chi connectivity index (χ3n) is 11.1. The van der Waals surface area contributed by atoms with Crippen molar-refractivity contribution in [1.29, 1.82) is 0 Å². The van der Waals surface area contributed by atoms with E-state index in [1.165, 1.54) is 0 Å². The van der Waals surface area contributed by atoms with Crippen molar-refractivity contribution in [3.05, 3.63) is 85.1 Å². The molecule has 362 valence electrons. The molecule has 2 bridgehead atoms. The standard InChI is InChI=1S/C45H71N3O16/c1-27-15-13-11-9-7-5-3-4-6-8-10-12-14-16-32(63-43-42(58)40(46)37(56)26-61-43)23-38-41(48-44(47)59)36(55)25-45(60,64-38)24-31(51)21-35(54)33(52)18-17-29(49)20-30(50)22-39(57)62-28(2)19-34(27)53/h3-16,27-38,40-43,49-56,58,60H,17-26,46H2,1-2H3,(H3,47,48,59)/b4-3+,7-5+,8-6+,11-9+,12-10+,15-13+,16-14+/t27-,28-,29+,30+,31-,32-,33+,34-,35+,36-,37+,38-,40-,41+,42-,43-,45+/m0/s1. The van der Waals surface area contributed by atoms with E-state index in [-0.39, 0.29) is 44.6 Å². The van der Waals surface area contributed by atoms with Crippen molar-refractivity contribution >= 4 is 12.0 Å². The van der Waals surface area contributed by atoms with Gasteiger partial charge in [-0.15, -0.1) is 0 Å². The van der Waals surface area contributed by atoms with E-state index in [1.807, 2.05) is 31.2 Å². The molecule has 0 aromatic rings. The molecule has 19 nitrogen and oxygen atoms in total. The van der Waals surface area contributed by atoms with Gasteiger partial charge < -0.3 is 86.8 Å². The highest BCUT2D eigenvalue weighted by Gasteiger charge is 2.48. The number of aliphatic hydroxyl groups is 10. The molecule has 0 aromatic heterocycles. The minimum Gasteiger partial charge on any atom is -0.462 e. The van der Waals surface area contributed by atoms with E-state index in [2.05, 4.69) is 5.32 Å². The number of aliphatic hydroxyl groups excluding tert-OH is 9. The van der Waals surface area contributed by atoms with Gasteiger partial charge in [0, 0.05) is 38.0 Å². The topological polar surface area (TPSA) is 337 Å². The molecule has 0 spiro atoms. The number of esters is 1. The smallest absolute Gasteiger partial charge is 0.312 e. The van der Waals surface area contributed by atoms with Crippen molar-refractivity contribution in [3.8, 4) is 0 Å². The first-order chi connectivity index (χ1) is 30.3. The van der Waals surface area contributed by atoms with Crippen LogP contribution in [0, 0.1) is 5.92 Å². The summed E-state index contributed by atoms with van der Waals surface area (Å²) in [7, 11) is 0. The average molecular weight is 910 g/mol. The average Bonchev–Trinajstić information content (AvgIpc) is 3.20. The summed E-state index contributed by atoms with van der Waals surface area (Å²) in [5, 5.41) is 110. The van der Waals surface area contributed by atoms with Gasteiger partial charge in [-0.2, -0.15) is 0 Å². The second kappa shape index (κ2) is 27.7. The summed E-state index contributed by atoms with van der Waals surface area (Å²) < 4.78 is 23.0. The van der Waals surface area contributed by atoms with Crippen LogP contribution in [0.3, 0.4) is 0 Å². The Morgan fingerprint density at radius 3 is 1.91 bits per heavy atom. The van der Waals surface area contributed by atoms with Gasteiger partial charge >= 0.3 is 12.0 Å². The molecule has 0 unspecified atom stereocenters. The number of rotatable bonds is 3. The molecule has 2 fully saturated rings. The lowest BCUT2D eigenvalue weighted by molar-refractivity contribution is -0.299. The second-order valence-corrected chi connectivity index (χ2v) is 16.9. The zero-order chi connectivity index (χ0) is 47.4. The van der Waals surface area contributed by atoms with Crippen LogP contribution in [0.2, 0.25) is 0 Å². The van der Waals surface area contributed by atoms with Crippen LogP contribution >= 0.6 is 0 Å². The van der Waals surface area contributed by atoms with E-state index in [9.17, 15) is 60.7 Å². The summed E-state index contributed by atoms with van der Waals surface area (Å²) in [5.41, 5.74) is 11.4. The summed E-state index contributed by atoms with van der Waals surface area (Å²) in [6, 6.07) is -3.31. The van der Waals surface area contributed by atoms with Crippen LogP contribution in [0.5, 0.6) is 0 Å². The maximum atomic E-state index is 12.5. The summed E-state index contributed by atoms with van der Waals surface area (Å²) >= 11 is 0. The molecule has 64 heavy (non-hydrogen) atoms. The molecule has 3 aliphatic rings. The van der Waals surface area contributed by atoms with E-state index in [0.717, 1.165) is 0 Å². The van der Waals surface area contributed by atoms with Crippen LogP contribution < -0.4 is 16.8 Å². The van der Waals surface area contributed by atoms with Crippen LogP contribution in [0.1, 0.15) is 71.6 Å². The molecule has 0 radical (unpaired) electrons. The monoisotopic (exact) mass is 909 g/mol. The molecule has 19 heteroatoms. The third kappa shape index (κ3) is 19.8. The molecule has 0 aliphatic carbocycles. The largest absolute Gasteiger partial charge is 0.462 e. The van der Waals surface area contributed by atoms with Gasteiger partial charge in [0.1, 0.15) is 12.2 Å². The van der Waals surface area contributed by atoms with E-state index >= 15 is 0 Å². The van der Waals surface area contributed by atoms with Crippen LogP contribution in [0.15, 0.2) is 85.1 Å². The molecule has 2 amide bonds. The Morgan fingerprint density at radius 2 is 1.30 bits per heavy atom. The fraction of sp³-hybridized carbons (Fsp3) is 0.644. The molecule has 0 saturated carbocycles. The van der Waals surface area contributed by atoms with Crippen molar-refractivity contribution in [2.24, 2.45) is 17.4 Å². The number of carbonyl (C=O) groups is 2. The molecular formula is C45H71N3O16. The van der Waals surface area contributed by atoms with Crippen molar-refractivity contribution in [1.82, 2.24) is 5.32 Å². The van der Waals surface area contributed by atoms with Crippen LogP contribution in [-0.2, 0) is 23.7 Å². The molecule has 3 rings (SSSR count). The molecule has 15 N–H and O–H groups in total. The molecule has 3 heterocycles. The van der Waals surface area contributed by atoms with Crippen LogP contribution in [-0.4, -0.2) is 167 Å². The fourth-order valence-corrected chi connectivity index (χ4v) is 7.52. The zero-order valence-corrected chi connectivity index (χ0v) is 36.5. The maximum absolute atomic E-state index is 12.5. The van der Waals surface area contributed by atoms with Gasteiger partial charge in [-0.3, -0.25) is 4.79 Å². The van der Waals surface area contributed by atoms with E-state index in [1.54, 1.807) is 67.7 Å². The number of fused-ring (bicyclic) bond motifs is 2. The normalized spacial score (nSPS) is 43.6. The number of amides is 2. The lowest BCUT2D eigenvalue weighted by atomic mass is 9.87. The second-order valence-electron chi connectivity index (χ2n) is 16.9. The van der Waals surface area contributed by atoms with E-state index < -0.39 is 135 Å². The molecule has 17 atom stereocenters. The van der Waals surface area contributed by atoms with Gasteiger partial charge in [0.25, 0.3) is 0 Å². The number of hydrogen-bond donors (Lipinski definition) is 13. The Balaban J connectivity index is 1.84. The highest BCUT2D eigenvalue weighted by molar-refractivity contribution is 5.72. The summed E-state index contributed by atoms with van der Waals surface area (Å²) in [6.07, 6.45) is 5.91. The quantitative estimate of drug-likeness (QED) is 0.157. The number of hydrogen-bond acceptors (Lipinski definition) is 17. The summed E-state index contributed by atoms with van der Waals surface area (Å²) in [5.74, 6) is -3.22. The van der Waals surface area contributed by atoms with Gasteiger partial charge in [-0.25, -0.2) is 4.79 Å². The van der Waals surface area contributed by atoms with E-state index in [4.69, 9.17) is 30.4 Å². The molecule has 0 aromatic carbocycles. The Hall–Kier alpha value is -3.64.